The standard InChI is InChI=1S/C20H29NO5/c1-4-13-25-17-10-9-15(14-16(17)18(22)24-5-2)21-19(23)20(26-6-3)11-7-8-12-20/h9-10,14H,4-8,11-13H2,1-3H3,(H,21,23). The molecule has 0 heterocycles. The van der Waals surface area contributed by atoms with E-state index in [1.54, 1.807) is 25.1 Å². The molecule has 0 atom stereocenters. The van der Waals surface area contributed by atoms with Crippen LogP contribution in [0.3, 0.4) is 0 Å². The van der Waals surface area contributed by atoms with Crippen molar-refractivity contribution in [2.24, 2.45) is 0 Å². The molecular formula is C20H29NO5. The smallest absolute Gasteiger partial charge is 0.341 e. The number of carbonyl (C=O) groups is 2. The third-order valence-corrected chi connectivity index (χ3v) is 4.44. The van der Waals surface area contributed by atoms with Gasteiger partial charge in [0, 0.05) is 12.3 Å². The molecule has 1 amide bonds. The summed E-state index contributed by atoms with van der Waals surface area (Å²) in [5.74, 6) is -0.160. The molecule has 1 N–H and O–H groups in total. The van der Waals surface area contributed by atoms with Crippen molar-refractivity contribution in [1.29, 1.82) is 0 Å². The summed E-state index contributed by atoms with van der Waals surface area (Å²) in [5, 5.41) is 2.90. The predicted molar refractivity (Wildman–Crippen MR) is 99.6 cm³/mol. The first-order valence-electron chi connectivity index (χ1n) is 9.45. The van der Waals surface area contributed by atoms with Gasteiger partial charge < -0.3 is 19.5 Å². The van der Waals surface area contributed by atoms with Crippen molar-refractivity contribution < 1.29 is 23.8 Å². The molecule has 0 spiro atoms. The summed E-state index contributed by atoms with van der Waals surface area (Å²) in [5.41, 5.74) is 0.0822. The van der Waals surface area contributed by atoms with Crippen LogP contribution in [-0.2, 0) is 14.3 Å². The van der Waals surface area contributed by atoms with Gasteiger partial charge in [-0.1, -0.05) is 6.92 Å². The second kappa shape index (κ2) is 9.57. The molecule has 1 aromatic carbocycles. The zero-order valence-electron chi connectivity index (χ0n) is 15.9. The van der Waals surface area contributed by atoms with Gasteiger partial charge in [-0.25, -0.2) is 4.79 Å². The number of anilines is 1. The molecule has 26 heavy (non-hydrogen) atoms. The van der Waals surface area contributed by atoms with E-state index in [1.807, 2.05) is 13.8 Å². The van der Waals surface area contributed by atoms with Crippen LogP contribution < -0.4 is 10.1 Å². The Morgan fingerprint density at radius 2 is 1.85 bits per heavy atom. The highest BCUT2D eigenvalue weighted by Crippen LogP contribution is 2.35. The molecule has 1 aromatic rings. The molecule has 1 saturated carbocycles. The van der Waals surface area contributed by atoms with E-state index in [0.29, 0.717) is 30.2 Å². The zero-order chi connectivity index (χ0) is 19.0. The Hall–Kier alpha value is -2.08. The number of hydrogen-bond donors (Lipinski definition) is 1. The SMILES string of the molecule is CCCOc1ccc(NC(=O)C2(OCC)CCCC2)cc1C(=O)OCC. The van der Waals surface area contributed by atoms with Gasteiger partial charge in [-0.05, 0) is 64.2 Å². The summed E-state index contributed by atoms with van der Waals surface area (Å²) < 4.78 is 16.5. The lowest BCUT2D eigenvalue weighted by Gasteiger charge is -2.27. The quantitative estimate of drug-likeness (QED) is 0.673. The zero-order valence-corrected chi connectivity index (χ0v) is 15.9. The first kappa shape index (κ1) is 20.2. The molecule has 0 aliphatic heterocycles. The fraction of sp³-hybridized carbons (Fsp3) is 0.600. The third kappa shape index (κ3) is 4.75. The van der Waals surface area contributed by atoms with Crippen LogP contribution in [0.5, 0.6) is 5.75 Å². The minimum atomic E-state index is -0.768. The molecule has 2 rings (SSSR count). The first-order chi connectivity index (χ1) is 12.6. The lowest BCUT2D eigenvalue weighted by Crippen LogP contribution is -2.43. The number of amides is 1. The highest BCUT2D eigenvalue weighted by molar-refractivity contribution is 6.00. The molecule has 0 saturated heterocycles. The molecule has 0 unspecified atom stereocenters. The summed E-state index contributed by atoms with van der Waals surface area (Å²) in [6, 6.07) is 5.04. The van der Waals surface area contributed by atoms with Crippen molar-refractivity contribution in [3.05, 3.63) is 23.8 Å². The van der Waals surface area contributed by atoms with Crippen molar-refractivity contribution in [3.63, 3.8) is 0 Å². The normalized spacial score (nSPS) is 15.5. The van der Waals surface area contributed by atoms with Crippen LogP contribution in [0.15, 0.2) is 18.2 Å². The van der Waals surface area contributed by atoms with E-state index in [1.165, 1.54) is 0 Å². The molecule has 144 valence electrons. The fourth-order valence-corrected chi connectivity index (χ4v) is 3.22. The van der Waals surface area contributed by atoms with Crippen molar-refractivity contribution in [2.75, 3.05) is 25.1 Å². The van der Waals surface area contributed by atoms with Crippen LogP contribution in [0.1, 0.15) is 63.2 Å². The number of benzene rings is 1. The van der Waals surface area contributed by atoms with Gasteiger partial charge in [0.05, 0.1) is 13.2 Å². The molecule has 6 heteroatoms. The van der Waals surface area contributed by atoms with Crippen molar-refractivity contribution >= 4 is 17.6 Å². The van der Waals surface area contributed by atoms with Gasteiger partial charge in [0.15, 0.2) is 0 Å². The topological polar surface area (TPSA) is 73.9 Å². The number of nitrogens with one attached hydrogen (secondary N) is 1. The lowest BCUT2D eigenvalue weighted by molar-refractivity contribution is -0.140. The molecule has 1 fully saturated rings. The number of ether oxygens (including phenoxy) is 3. The minimum Gasteiger partial charge on any atom is -0.493 e. The summed E-state index contributed by atoms with van der Waals surface area (Å²) in [4.78, 5) is 25.1. The first-order valence-corrected chi connectivity index (χ1v) is 9.45. The molecule has 0 radical (unpaired) electrons. The van der Waals surface area contributed by atoms with E-state index in [-0.39, 0.29) is 12.5 Å². The molecule has 6 nitrogen and oxygen atoms in total. The van der Waals surface area contributed by atoms with Gasteiger partial charge in [-0.3, -0.25) is 4.79 Å². The Kier molecular flexibility index (Phi) is 7.45. The van der Waals surface area contributed by atoms with E-state index >= 15 is 0 Å². The Morgan fingerprint density at radius 3 is 2.46 bits per heavy atom. The maximum atomic E-state index is 12.8. The molecular weight excluding hydrogens is 334 g/mol. The second-order valence-corrected chi connectivity index (χ2v) is 6.37. The largest absolute Gasteiger partial charge is 0.493 e. The maximum Gasteiger partial charge on any atom is 0.341 e. The molecule has 0 bridgehead atoms. The van der Waals surface area contributed by atoms with Gasteiger partial charge >= 0.3 is 5.97 Å². The second-order valence-electron chi connectivity index (χ2n) is 6.37. The van der Waals surface area contributed by atoms with Gasteiger partial charge in [0.25, 0.3) is 5.91 Å². The van der Waals surface area contributed by atoms with Crippen LogP contribution in [0.4, 0.5) is 5.69 Å². The van der Waals surface area contributed by atoms with Gasteiger partial charge in [-0.15, -0.1) is 0 Å². The van der Waals surface area contributed by atoms with E-state index in [0.717, 1.165) is 32.1 Å². The summed E-state index contributed by atoms with van der Waals surface area (Å²) in [7, 11) is 0. The summed E-state index contributed by atoms with van der Waals surface area (Å²) in [6.45, 7) is 6.91. The van der Waals surface area contributed by atoms with Crippen molar-refractivity contribution in [3.8, 4) is 5.75 Å². The van der Waals surface area contributed by atoms with Crippen molar-refractivity contribution in [2.45, 2.75) is 58.5 Å². The minimum absolute atomic E-state index is 0.158. The average Bonchev–Trinajstić information content (AvgIpc) is 3.11. The third-order valence-electron chi connectivity index (χ3n) is 4.44. The van der Waals surface area contributed by atoms with Gasteiger partial charge in [-0.2, -0.15) is 0 Å². The fourth-order valence-electron chi connectivity index (χ4n) is 3.22. The highest BCUT2D eigenvalue weighted by Gasteiger charge is 2.42. The number of esters is 1. The molecule has 1 aliphatic rings. The Morgan fingerprint density at radius 1 is 1.12 bits per heavy atom. The number of carbonyl (C=O) groups excluding carboxylic acids is 2. The van der Waals surface area contributed by atoms with E-state index in [9.17, 15) is 9.59 Å². The Bertz CT molecular complexity index is 623. The average molecular weight is 363 g/mol. The molecule has 1 aliphatic carbocycles. The van der Waals surface area contributed by atoms with Gasteiger partial charge in [0.1, 0.15) is 16.9 Å². The van der Waals surface area contributed by atoms with Crippen LogP contribution >= 0.6 is 0 Å². The monoisotopic (exact) mass is 363 g/mol. The molecule has 0 aromatic heterocycles. The van der Waals surface area contributed by atoms with Crippen LogP contribution in [0.25, 0.3) is 0 Å². The van der Waals surface area contributed by atoms with Crippen LogP contribution in [0, 0.1) is 0 Å². The van der Waals surface area contributed by atoms with E-state index < -0.39 is 11.6 Å². The summed E-state index contributed by atoms with van der Waals surface area (Å²) >= 11 is 0. The summed E-state index contributed by atoms with van der Waals surface area (Å²) in [6.07, 6.45) is 4.22. The number of rotatable bonds is 9. The highest BCUT2D eigenvalue weighted by atomic mass is 16.5. The van der Waals surface area contributed by atoms with Crippen LogP contribution in [-0.4, -0.2) is 37.3 Å². The Labute approximate surface area is 155 Å². The number of hydrogen-bond acceptors (Lipinski definition) is 5. The lowest BCUT2D eigenvalue weighted by atomic mass is 10.0. The van der Waals surface area contributed by atoms with Crippen LogP contribution in [0.2, 0.25) is 0 Å². The van der Waals surface area contributed by atoms with Gasteiger partial charge in [0.2, 0.25) is 0 Å². The van der Waals surface area contributed by atoms with E-state index in [2.05, 4.69) is 5.32 Å². The van der Waals surface area contributed by atoms with E-state index in [4.69, 9.17) is 14.2 Å². The predicted octanol–water partition coefficient (Wildman–Crippen LogP) is 3.94. The maximum absolute atomic E-state index is 12.8. The Balaban J connectivity index is 2.21. The van der Waals surface area contributed by atoms with Crippen molar-refractivity contribution in [1.82, 2.24) is 0 Å².